The summed E-state index contributed by atoms with van der Waals surface area (Å²) in [7, 11) is 0. The highest BCUT2D eigenvalue weighted by Crippen LogP contribution is 2.31. The fourth-order valence-electron chi connectivity index (χ4n) is 7.20. The smallest absolute Gasteiger partial charge is 0.410 e. The number of rotatable bonds is 9. The van der Waals surface area contributed by atoms with E-state index in [1.54, 1.807) is 17.0 Å². The molecule has 0 saturated carbocycles. The number of nitrogens with zero attached hydrogens (tertiary/aromatic N) is 2. The van der Waals surface area contributed by atoms with Crippen molar-refractivity contribution in [1.82, 2.24) is 4.98 Å². The van der Waals surface area contributed by atoms with Crippen molar-refractivity contribution in [2.24, 2.45) is 0 Å². The van der Waals surface area contributed by atoms with Gasteiger partial charge in [-0.1, -0.05) is 36.4 Å². The fraction of sp³-hybridized carbons (Fsp3) is 0.0233. The molecular formula is C43H15BF20N2O4. The second-order valence-electron chi connectivity index (χ2n) is 14.1. The molecule has 0 radical (unpaired) electrons. The van der Waals surface area contributed by atoms with Crippen LogP contribution >= 0.6 is 0 Å². The molecule has 7 aromatic rings. The summed E-state index contributed by atoms with van der Waals surface area (Å²) in [5.74, 6) is -72.9. The van der Waals surface area contributed by atoms with E-state index < -0.39 is 156 Å². The van der Waals surface area contributed by atoms with Gasteiger partial charge in [0.25, 0.3) is 0 Å². The highest BCUT2D eigenvalue weighted by atomic mass is 19.2. The highest BCUT2D eigenvalue weighted by Gasteiger charge is 2.52. The van der Waals surface area contributed by atoms with Crippen LogP contribution in [-0.4, -0.2) is 28.2 Å². The first-order chi connectivity index (χ1) is 32.8. The van der Waals surface area contributed by atoms with Crippen LogP contribution in [-0.2, 0) is 6.54 Å². The lowest BCUT2D eigenvalue weighted by molar-refractivity contribution is -0.691. The number of aromatic carboxylic acids is 1. The largest absolute Gasteiger partial charge is 0.478 e. The standard InChI is InChI=1S/C24BF20.C19H14N2O4/c26-5-1(6(27)14(35)21(42)13(5)34)25(2-7(28)15(36)22(43)16(37)8(2)29,3-9(30)17(38)23(44)18(39)10(3)31)4-11(32)19(40)24(45)20(41)12(4)33;22-18(23)15-7-4-8-16(11-15)25-19(24)17-12-20-9-10-21(17)13-14-5-2-1-3-6-14/h;1-12H,13H2/q-1;/p+1. The first-order valence-corrected chi connectivity index (χ1v) is 18.5. The monoisotopic (exact) mass is 1010 g/mol. The second-order valence-corrected chi connectivity index (χ2v) is 14.1. The molecule has 0 saturated heterocycles. The molecule has 1 N–H and O–H groups in total. The Bertz CT molecular complexity index is 2910. The summed E-state index contributed by atoms with van der Waals surface area (Å²) < 4.78 is 301. The SMILES string of the molecule is Fc1c(F)c(F)c([B-](c2c(F)c(F)c(F)c(F)c2F)(c2c(F)c(F)c(F)c(F)c2F)c2c(F)c(F)c(F)c(F)c2F)c(F)c1F.O=C(O)c1cccc(OC(=O)c2cncc[n+]2Cc2ccccc2)c1. The lowest BCUT2D eigenvalue weighted by Crippen LogP contribution is -2.81. The van der Waals surface area contributed by atoms with Crippen molar-refractivity contribution in [3.63, 3.8) is 0 Å². The van der Waals surface area contributed by atoms with Gasteiger partial charge in [-0.15, -0.1) is 21.9 Å². The Hall–Kier alpha value is -8.00. The lowest BCUT2D eigenvalue weighted by Gasteiger charge is -2.44. The number of aromatic nitrogens is 2. The number of halogens is 20. The van der Waals surface area contributed by atoms with Crippen molar-refractivity contribution in [2.75, 3.05) is 0 Å². The van der Waals surface area contributed by atoms with Crippen LogP contribution in [0.2, 0.25) is 0 Å². The zero-order chi connectivity index (χ0) is 52.0. The number of hydrogen-bond acceptors (Lipinski definition) is 4. The third kappa shape index (κ3) is 8.47. The van der Waals surface area contributed by atoms with Gasteiger partial charge in [0.1, 0.15) is 64.6 Å². The van der Waals surface area contributed by atoms with E-state index in [0.29, 0.717) is 6.54 Å². The quantitative estimate of drug-likeness (QED) is 0.0301. The van der Waals surface area contributed by atoms with Crippen LogP contribution in [0.25, 0.3) is 0 Å². The molecule has 27 heteroatoms. The van der Waals surface area contributed by atoms with Crippen molar-refractivity contribution in [3.8, 4) is 5.75 Å². The van der Waals surface area contributed by atoms with Gasteiger partial charge in [0.05, 0.1) is 11.8 Å². The molecule has 0 fully saturated rings. The zero-order valence-electron chi connectivity index (χ0n) is 33.3. The lowest BCUT2D eigenvalue weighted by atomic mass is 9.12. The Kier molecular flexibility index (Phi) is 14.4. The third-order valence-corrected chi connectivity index (χ3v) is 10.2. The molecule has 0 aliphatic carbocycles. The molecule has 0 spiro atoms. The fourth-order valence-corrected chi connectivity index (χ4v) is 7.20. The van der Waals surface area contributed by atoms with Crippen LogP contribution in [0.3, 0.4) is 0 Å². The number of carboxylic acid groups (broad SMARTS) is 1. The average Bonchev–Trinajstić information content (AvgIpc) is 3.34. The summed E-state index contributed by atoms with van der Waals surface area (Å²) in [5, 5.41) is 9.01. The summed E-state index contributed by atoms with van der Waals surface area (Å²) in [4.78, 5) is 27.5. The number of ether oxygens (including phenoxy) is 1. The maximum atomic E-state index is 15.4. The minimum atomic E-state index is -7.22. The van der Waals surface area contributed by atoms with Crippen LogP contribution in [0.1, 0.15) is 26.4 Å². The molecule has 0 aliphatic heterocycles. The molecular weight excluding hydrogens is 999 g/mol. The van der Waals surface area contributed by atoms with E-state index in [1.165, 1.54) is 30.5 Å². The maximum absolute atomic E-state index is 15.4. The van der Waals surface area contributed by atoms with Gasteiger partial charge in [-0.3, -0.25) is 4.98 Å². The van der Waals surface area contributed by atoms with Crippen molar-refractivity contribution >= 4 is 39.9 Å². The van der Waals surface area contributed by atoms with Gasteiger partial charge in [-0.05, 0) is 18.2 Å². The summed E-state index contributed by atoms with van der Waals surface area (Å²) in [5.41, 5.74) is -13.0. The first kappa shape index (κ1) is 51.4. The van der Waals surface area contributed by atoms with Gasteiger partial charge in [0.15, 0.2) is 82.5 Å². The Balaban J connectivity index is 0.000000270. The predicted octanol–water partition coefficient (Wildman–Crippen LogP) is 8.18. The number of benzene rings is 6. The number of esters is 1. The molecule has 7 rings (SSSR count). The van der Waals surface area contributed by atoms with Gasteiger partial charge in [0.2, 0.25) is 0 Å². The predicted molar refractivity (Wildman–Crippen MR) is 198 cm³/mol. The van der Waals surface area contributed by atoms with Gasteiger partial charge < -0.3 is 9.84 Å². The molecule has 70 heavy (non-hydrogen) atoms. The van der Waals surface area contributed by atoms with Crippen LogP contribution in [0, 0.1) is 116 Å². The number of carbonyl (C=O) groups excluding carboxylic acids is 1. The highest BCUT2D eigenvalue weighted by molar-refractivity contribution is 7.20. The van der Waals surface area contributed by atoms with Gasteiger partial charge in [-0.25, -0.2) is 97.4 Å². The molecule has 0 unspecified atom stereocenters. The van der Waals surface area contributed by atoms with Gasteiger partial charge >= 0.3 is 17.6 Å². The van der Waals surface area contributed by atoms with E-state index in [1.807, 2.05) is 30.3 Å². The van der Waals surface area contributed by atoms with Gasteiger partial charge in [0, 0.05) is 5.56 Å². The molecule has 1 heterocycles. The number of carboxylic acids is 1. The second kappa shape index (κ2) is 19.5. The molecule has 1 aromatic heterocycles. The number of hydrogen-bond donors (Lipinski definition) is 1. The summed E-state index contributed by atoms with van der Waals surface area (Å²) in [6.45, 7) is 0.489. The Morgan fingerprint density at radius 3 is 1.16 bits per heavy atom. The molecule has 0 aliphatic rings. The van der Waals surface area contributed by atoms with E-state index in [4.69, 9.17) is 9.84 Å². The molecule has 0 bridgehead atoms. The molecule has 364 valence electrons. The Morgan fingerprint density at radius 2 is 0.814 bits per heavy atom. The third-order valence-electron chi connectivity index (χ3n) is 10.2. The normalized spacial score (nSPS) is 11.4. The van der Waals surface area contributed by atoms with Crippen LogP contribution in [0.5, 0.6) is 5.75 Å². The van der Waals surface area contributed by atoms with E-state index >= 15 is 35.1 Å². The van der Waals surface area contributed by atoms with E-state index in [0.717, 1.165) is 5.56 Å². The average molecular weight is 1010 g/mol. The molecule has 6 nitrogen and oxygen atoms in total. The van der Waals surface area contributed by atoms with E-state index in [2.05, 4.69) is 4.98 Å². The van der Waals surface area contributed by atoms with Crippen LogP contribution in [0.4, 0.5) is 87.8 Å². The Labute approximate surface area is 375 Å². The zero-order valence-corrected chi connectivity index (χ0v) is 33.3. The first-order valence-electron chi connectivity index (χ1n) is 18.5. The van der Waals surface area contributed by atoms with Crippen molar-refractivity contribution < 1.29 is 112 Å². The topological polar surface area (TPSA) is 80.4 Å². The van der Waals surface area contributed by atoms with E-state index in [9.17, 15) is 62.3 Å². The van der Waals surface area contributed by atoms with Crippen molar-refractivity contribution in [1.29, 1.82) is 0 Å². The molecule has 6 aromatic carbocycles. The van der Waals surface area contributed by atoms with E-state index in [-0.39, 0.29) is 17.0 Å². The van der Waals surface area contributed by atoms with Crippen molar-refractivity contribution in [2.45, 2.75) is 6.54 Å². The van der Waals surface area contributed by atoms with Crippen LogP contribution in [0.15, 0.2) is 73.2 Å². The molecule has 0 amide bonds. The summed E-state index contributed by atoms with van der Waals surface area (Å²) in [6, 6.07) is 15.5. The minimum Gasteiger partial charge on any atom is -0.478 e. The molecule has 0 atom stereocenters. The minimum absolute atomic E-state index is 0.0497. The summed E-state index contributed by atoms with van der Waals surface area (Å²) in [6.07, 6.45) is -2.51. The number of carbonyl (C=O) groups is 2. The Morgan fingerprint density at radius 1 is 0.471 bits per heavy atom. The van der Waals surface area contributed by atoms with Crippen LogP contribution < -0.4 is 31.2 Å². The maximum Gasteiger partial charge on any atom is 0.410 e. The van der Waals surface area contributed by atoms with Gasteiger partial charge in [-0.2, -0.15) is 4.57 Å². The van der Waals surface area contributed by atoms with Crippen molar-refractivity contribution in [3.05, 3.63) is 206 Å². The summed E-state index contributed by atoms with van der Waals surface area (Å²) >= 11 is 0.